The highest BCUT2D eigenvalue weighted by Crippen LogP contribution is 2.35. The van der Waals surface area contributed by atoms with Crippen LogP contribution in [0.25, 0.3) is 0 Å². The van der Waals surface area contributed by atoms with E-state index in [4.69, 9.17) is 0 Å². The summed E-state index contributed by atoms with van der Waals surface area (Å²) in [4.78, 5) is 23.4. The number of carbonyl (C=O) groups is 1. The van der Waals surface area contributed by atoms with Crippen molar-refractivity contribution in [2.45, 2.75) is 26.3 Å². The largest absolute Gasteiger partial charge is 0.481 e. The Morgan fingerprint density at radius 1 is 1.52 bits per heavy atom. The monoisotopic (exact) mass is 296 g/mol. The van der Waals surface area contributed by atoms with Gasteiger partial charge in [0.1, 0.15) is 5.82 Å². The van der Waals surface area contributed by atoms with Crippen molar-refractivity contribution in [3.8, 4) is 0 Å². The summed E-state index contributed by atoms with van der Waals surface area (Å²) in [6, 6.07) is 3.45. The molecule has 1 aliphatic rings. The van der Waals surface area contributed by atoms with Gasteiger partial charge in [-0.25, -0.2) is 4.39 Å². The maximum atomic E-state index is 13.4. The number of rotatable bonds is 5. The van der Waals surface area contributed by atoms with Crippen LogP contribution < -0.4 is 0 Å². The van der Waals surface area contributed by atoms with Crippen LogP contribution in [0.3, 0.4) is 0 Å². The third-order valence-corrected chi connectivity index (χ3v) is 4.12. The molecule has 1 N–H and O–H groups in total. The van der Waals surface area contributed by atoms with Gasteiger partial charge in [-0.2, -0.15) is 0 Å². The van der Waals surface area contributed by atoms with Crippen molar-refractivity contribution in [1.82, 2.24) is 4.90 Å². The molecule has 1 saturated heterocycles. The summed E-state index contributed by atoms with van der Waals surface area (Å²) >= 11 is 0. The van der Waals surface area contributed by atoms with Crippen molar-refractivity contribution < 1.29 is 19.2 Å². The molecule has 0 aromatic heterocycles. The molecule has 1 atom stereocenters. The minimum Gasteiger partial charge on any atom is -0.481 e. The van der Waals surface area contributed by atoms with E-state index in [0.717, 1.165) is 6.07 Å². The van der Waals surface area contributed by atoms with Crippen molar-refractivity contribution in [3.05, 3.63) is 39.7 Å². The Morgan fingerprint density at radius 2 is 2.24 bits per heavy atom. The maximum Gasteiger partial charge on any atom is 0.310 e. The molecule has 0 bridgehead atoms. The first-order valence-electron chi connectivity index (χ1n) is 6.76. The smallest absolute Gasteiger partial charge is 0.310 e. The van der Waals surface area contributed by atoms with Crippen molar-refractivity contribution in [3.63, 3.8) is 0 Å². The molecule has 1 aromatic rings. The summed E-state index contributed by atoms with van der Waals surface area (Å²) < 4.78 is 13.4. The standard InChI is InChI=1S/C14H17FN2O4/c1-2-14(13(18)19)3-4-16(9-14)8-10-5-11(15)7-12(6-10)17(20)21/h5-7H,2-4,8-9H2,1H3,(H,18,19). The number of nitro benzene ring substituents is 1. The predicted octanol–water partition coefficient (Wildman–Crippen LogP) is 2.42. The van der Waals surface area contributed by atoms with Crippen LogP contribution in [0.15, 0.2) is 18.2 Å². The second kappa shape index (κ2) is 5.77. The molecule has 7 heteroatoms. The van der Waals surface area contributed by atoms with Crippen molar-refractivity contribution in [2.75, 3.05) is 13.1 Å². The van der Waals surface area contributed by atoms with Crippen molar-refractivity contribution >= 4 is 11.7 Å². The molecule has 0 saturated carbocycles. The molecule has 0 radical (unpaired) electrons. The molecule has 1 unspecified atom stereocenters. The Labute approximate surface area is 121 Å². The Bertz CT molecular complexity index is 578. The molecule has 114 valence electrons. The van der Waals surface area contributed by atoms with Crippen LogP contribution in [0.5, 0.6) is 0 Å². The minimum atomic E-state index is -0.822. The molecule has 1 aliphatic heterocycles. The van der Waals surface area contributed by atoms with E-state index < -0.39 is 22.1 Å². The lowest BCUT2D eigenvalue weighted by Crippen LogP contribution is -2.33. The number of halogens is 1. The quantitative estimate of drug-likeness (QED) is 0.666. The molecule has 6 nitrogen and oxygen atoms in total. The van der Waals surface area contributed by atoms with Crippen molar-refractivity contribution in [1.29, 1.82) is 0 Å². The van der Waals surface area contributed by atoms with Crippen molar-refractivity contribution in [2.24, 2.45) is 5.41 Å². The highest BCUT2D eigenvalue weighted by atomic mass is 19.1. The topological polar surface area (TPSA) is 83.7 Å². The molecule has 0 spiro atoms. The molecular formula is C14H17FN2O4. The molecule has 1 fully saturated rings. The number of benzene rings is 1. The zero-order chi connectivity index (χ0) is 15.6. The van der Waals surface area contributed by atoms with Gasteiger partial charge in [0.25, 0.3) is 5.69 Å². The van der Waals surface area contributed by atoms with Gasteiger partial charge in [0.15, 0.2) is 0 Å². The van der Waals surface area contributed by atoms with Crippen LogP contribution in [0.2, 0.25) is 0 Å². The Balaban J connectivity index is 2.13. The summed E-state index contributed by atoms with van der Waals surface area (Å²) in [6.07, 6.45) is 1.07. The lowest BCUT2D eigenvalue weighted by molar-refractivity contribution is -0.385. The van der Waals surface area contributed by atoms with Gasteiger partial charge in [-0.05, 0) is 31.0 Å². The van der Waals surface area contributed by atoms with Crippen LogP contribution in [-0.4, -0.2) is 34.0 Å². The van der Waals surface area contributed by atoms with E-state index in [1.54, 1.807) is 0 Å². The zero-order valence-electron chi connectivity index (χ0n) is 11.7. The predicted molar refractivity (Wildman–Crippen MR) is 73.3 cm³/mol. The van der Waals surface area contributed by atoms with Gasteiger partial charge >= 0.3 is 5.97 Å². The molecule has 0 aliphatic carbocycles. The van der Waals surface area contributed by atoms with Gasteiger partial charge in [0.2, 0.25) is 0 Å². The molecule has 1 heterocycles. The number of nitro groups is 1. The zero-order valence-corrected chi connectivity index (χ0v) is 11.7. The SMILES string of the molecule is CCC1(C(=O)O)CCN(Cc2cc(F)cc([N+](=O)[O-])c2)C1. The van der Waals surface area contributed by atoms with E-state index in [2.05, 4.69) is 0 Å². The minimum absolute atomic E-state index is 0.288. The first-order chi connectivity index (χ1) is 9.86. The van der Waals surface area contributed by atoms with Crippen LogP contribution in [0.4, 0.5) is 10.1 Å². The third-order valence-electron chi connectivity index (χ3n) is 4.12. The fourth-order valence-corrected chi connectivity index (χ4v) is 2.80. The number of likely N-dealkylation sites (tertiary alicyclic amines) is 1. The van der Waals surface area contributed by atoms with Gasteiger partial charge in [0, 0.05) is 19.2 Å². The average Bonchev–Trinajstić information content (AvgIpc) is 2.82. The van der Waals surface area contributed by atoms with E-state index in [9.17, 15) is 24.4 Å². The number of non-ortho nitro benzene ring substituents is 1. The maximum absolute atomic E-state index is 13.4. The second-order valence-electron chi connectivity index (χ2n) is 5.47. The second-order valence-corrected chi connectivity index (χ2v) is 5.47. The first kappa shape index (κ1) is 15.4. The Kier molecular flexibility index (Phi) is 4.22. The highest BCUT2D eigenvalue weighted by Gasteiger charge is 2.43. The van der Waals surface area contributed by atoms with E-state index in [0.29, 0.717) is 38.0 Å². The lowest BCUT2D eigenvalue weighted by atomic mass is 9.84. The average molecular weight is 296 g/mol. The Morgan fingerprint density at radius 3 is 2.76 bits per heavy atom. The Hall–Kier alpha value is -2.02. The normalized spacial score (nSPS) is 22.4. The molecule has 1 aromatic carbocycles. The van der Waals surface area contributed by atoms with Crippen LogP contribution >= 0.6 is 0 Å². The van der Waals surface area contributed by atoms with E-state index in [-0.39, 0.29) is 5.69 Å². The molecule has 0 amide bonds. The van der Waals surface area contributed by atoms with Gasteiger partial charge in [-0.15, -0.1) is 0 Å². The number of hydrogen-bond acceptors (Lipinski definition) is 4. The summed E-state index contributed by atoms with van der Waals surface area (Å²) in [5, 5.41) is 20.1. The fraction of sp³-hybridized carbons (Fsp3) is 0.500. The molecule has 2 rings (SSSR count). The van der Waals surface area contributed by atoms with Crippen LogP contribution in [-0.2, 0) is 11.3 Å². The summed E-state index contributed by atoms with van der Waals surface area (Å²) in [5.41, 5.74) is -0.567. The van der Waals surface area contributed by atoms with Gasteiger partial charge in [0.05, 0.1) is 16.4 Å². The van der Waals surface area contributed by atoms with Crippen LogP contribution in [0.1, 0.15) is 25.3 Å². The van der Waals surface area contributed by atoms with E-state index >= 15 is 0 Å². The summed E-state index contributed by atoms with van der Waals surface area (Å²) in [5.74, 6) is -1.48. The summed E-state index contributed by atoms with van der Waals surface area (Å²) in [7, 11) is 0. The number of carboxylic acids is 1. The van der Waals surface area contributed by atoms with Crippen LogP contribution in [0, 0.1) is 21.3 Å². The number of hydrogen-bond donors (Lipinski definition) is 1. The first-order valence-corrected chi connectivity index (χ1v) is 6.76. The van der Waals surface area contributed by atoms with Gasteiger partial charge in [-0.3, -0.25) is 19.8 Å². The summed E-state index contributed by atoms with van der Waals surface area (Å²) in [6.45, 7) is 3.12. The number of carboxylic acid groups (broad SMARTS) is 1. The molecule has 21 heavy (non-hydrogen) atoms. The van der Waals surface area contributed by atoms with E-state index in [1.165, 1.54) is 12.1 Å². The van der Waals surface area contributed by atoms with Gasteiger partial charge in [-0.1, -0.05) is 6.92 Å². The molecular weight excluding hydrogens is 279 g/mol. The third kappa shape index (κ3) is 3.18. The fourth-order valence-electron chi connectivity index (χ4n) is 2.80. The number of aliphatic carboxylic acids is 1. The highest BCUT2D eigenvalue weighted by molar-refractivity contribution is 5.75. The lowest BCUT2D eigenvalue weighted by Gasteiger charge is -2.23. The van der Waals surface area contributed by atoms with Gasteiger partial charge < -0.3 is 5.11 Å². The number of nitrogens with zero attached hydrogens (tertiary/aromatic N) is 2. The van der Waals surface area contributed by atoms with E-state index in [1.807, 2.05) is 11.8 Å².